The molecule has 5 nitrogen and oxygen atoms in total. The van der Waals surface area contributed by atoms with Crippen molar-refractivity contribution in [3.63, 3.8) is 0 Å². The van der Waals surface area contributed by atoms with E-state index in [1.54, 1.807) is 36.3 Å². The number of amides is 2. The maximum atomic E-state index is 11.8. The Balaban J connectivity index is 2.32. The molecule has 2 amide bonds. The van der Waals surface area contributed by atoms with Gasteiger partial charge in [0, 0.05) is 18.8 Å². The maximum Gasteiger partial charge on any atom is 0.234 e. The molecule has 0 spiro atoms. The Morgan fingerprint density at radius 2 is 1.76 bits per heavy atom. The molecule has 0 radical (unpaired) electrons. The van der Waals surface area contributed by atoms with Crippen molar-refractivity contribution in [2.45, 2.75) is 13.8 Å². The quantitative estimate of drug-likeness (QED) is 0.800. The molecule has 1 rings (SSSR count). The third kappa shape index (κ3) is 6.08. The van der Waals surface area contributed by atoms with Gasteiger partial charge in [0.25, 0.3) is 0 Å². The van der Waals surface area contributed by atoms with E-state index in [-0.39, 0.29) is 17.6 Å². The minimum Gasteiger partial charge on any atom is -0.497 e. The molecule has 0 atom stereocenters. The van der Waals surface area contributed by atoms with Crippen LogP contribution in [0.5, 0.6) is 5.75 Å². The first-order valence-electron chi connectivity index (χ1n) is 6.90. The maximum absolute atomic E-state index is 11.8. The van der Waals surface area contributed by atoms with Crippen LogP contribution in [0.15, 0.2) is 24.3 Å². The number of hydrogen-bond acceptors (Lipinski definition) is 4. The highest BCUT2D eigenvalue weighted by molar-refractivity contribution is 8.00. The van der Waals surface area contributed by atoms with Crippen LogP contribution in [-0.2, 0) is 9.59 Å². The molecule has 21 heavy (non-hydrogen) atoms. The summed E-state index contributed by atoms with van der Waals surface area (Å²) in [6.07, 6.45) is 0. The number of rotatable bonds is 8. The normalized spacial score (nSPS) is 10.0. The largest absolute Gasteiger partial charge is 0.497 e. The standard InChI is InChI=1S/C15H22N2O3S/c1-4-17(5-2)15(19)11-21-10-14(18)16-12-6-8-13(20-3)9-7-12/h6-9H,4-5,10-11H2,1-3H3,(H,16,18). The molecular formula is C15H22N2O3S. The van der Waals surface area contributed by atoms with Crippen molar-refractivity contribution in [1.29, 1.82) is 0 Å². The number of hydrogen-bond donors (Lipinski definition) is 1. The average molecular weight is 310 g/mol. The van der Waals surface area contributed by atoms with Gasteiger partial charge in [0.2, 0.25) is 11.8 Å². The fourth-order valence-corrected chi connectivity index (χ4v) is 2.49. The second kappa shape index (κ2) is 9.28. The van der Waals surface area contributed by atoms with E-state index in [1.165, 1.54) is 11.8 Å². The van der Waals surface area contributed by atoms with Gasteiger partial charge >= 0.3 is 0 Å². The topological polar surface area (TPSA) is 58.6 Å². The Morgan fingerprint density at radius 3 is 2.29 bits per heavy atom. The fraction of sp³-hybridized carbons (Fsp3) is 0.467. The Kier molecular flexibility index (Phi) is 7.68. The first-order valence-corrected chi connectivity index (χ1v) is 8.05. The number of benzene rings is 1. The number of thioether (sulfide) groups is 1. The van der Waals surface area contributed by atoms with Gasteiger partial charge in [-0.05, 0) is 38.1 Å². The fourth-order valence-electron chi connectivity index (χ4n) is 1.77. The molecule has 0 aliphatic rings. The SMILES string of the molecule is CCN(CC)C(=O)CSCC(=O)Nc1ccc(OC)cc1. The van der Waals surface area contributed by atoms with Crippen LogP contribution in [0.3, 0.4) is 0 Å². The summed E-state index contributed by atoms with van der Waals surface area (Å²) in [4.78, 5) is 25.3. The third-order valence-electron chi connectivity index (χ3n) is 2.95. The lowest BCUT2D eigenvalue weighted by Crippen LogP contribution is -2.32. The summed E-state index contributed by atoms with van der Waals surface area (Å²) in [5.74, 6) is 1.29. The number of ether oxygens (including phenoxy) is 1. The van der Waals surface area contributed by atoms with Crippen molar-refractivity contribution in [1.82, 2.24) is 4.90 Å². The molecule has 1 N–H and O–H groups in total. The van der Waals surface area contributed by atoms with Gasteiger partial charge in [-0.2, -0.15) is 0 Å². The van der Waals surface area contributed by atoms with Crippen LogP contribution in [0.2, 0.25) is 0 Å². The summed E-state index contributed by atoms with van der Waals surface area (Å²) in [5.41, 5.74) is 0.719. The molecule has 0 aromatic heterocycles. The average Bonchev–Trinajstić information content (AvgIpc) is 2.49. The van der Waals surface area contributed by atoms with Crippen molar-refractivity contribution in [2.75, 3.05) is 37.0 Å². The van der Waals surface area contributed by atoms with E-state index in [2.05, 4.69) is 5.32 Å². The first-order chi connectivity index (χ1) is 10.1. The second-order valence-corrected chi connectivity index (χ2v) is 5.32. The van der Waals surface area contributed by atoms with E-state index in [1.807, 2.05) is 13.8 Å². The molecule has 0 saturated carbocycles. The predicted molar refractivity (Wildman–Crippen MR) is 86.9 cm³/mol. The van der Waals surface area contributed by atoms with E-state index in [0.29, 0.717) is 18.8 Å². The van der Waals surface area contributed by atoms with Gasteiger partial charge in [0.15, 0.2) is 0 Å². The minimum absolute atomic E-state index is 0.0715. The monoisotopic (exact) mass is 310 g/mol. The van der Waals surface area contributed by atoms with Crippen LogP contribution in [0.25, 0.3) is 0 Å². The van der Waals surface area contributed by atoms with Gasteiger partial charge < -0.3 is 15.0 Å². The number of nitrogens with one attached hydrogen (secondary N) is 1. The highest BCUT2D eigenvalue weighted by atomic mass is 32.2. The molecule has 0 saturated heterocycles. The lowest BCUT2D eigenvalue weighted by molar-refractivity contribution is -0.127. The zero-order valence-electron chi connectivity index (χ0n) is 12.7. The van der Waals surface area contributed by atoms with Crippen LogP contribution in [0.4, 0.5) is 5.69 Å². The van der Waals surface area contributed by atoms with E-state index in [9.17, 15) is 9.59 Å². The number of carbonyl (C=O) groups is 2. The summed E-state index contributed by atoms with van der Waals surface area (Å²) in [7, 11) is 1.59. The lowest BCUT2D eigenvalue weighted by atomic mass is 10.3. The van der Waals surface area contributed by atoms with E-state index in [0.717, 1.165) is 11.4 Å². The van der Waals surface area contributed by atoms with Gasteiger partial charge in [0.1, 0.15) is 5.75 Å². The Labute approximate surface area is 130 Å². The molecule has 0 heterocycles. The van der Waals surface area contributed by atoms with Crippen molar-refractivity contribution in [3.05, 3.63) is 24.3 Å². The third-order valence-corrected chi connectivity index (χ3v) is 3.87. The van der Waals surface area contributed by atoms with E-state index in [4.69, 9.17) is 4.74 Å². The number of nitrogens with zero attached hydrogens (tertiary/aromatic N) is 1. The van der Waals surface area contributed by atoms with Crippen molar-refractivity contribution in [3.8, 4) is 5.75 Å². The van der Waals surface area contributed by atoms with Crippen molar-refractivity contribution >= 4 is 29.3 Å². The summed E-state index contributed by atoms with van der Waals surface area (Å²) < 4.78 is 5.05. The molecule has 0 unspecified atom stereocenters. The summed E-state index contributed by atoms with van der Waals surface area (Å²) in [5, 5.41) is 2.78. The first kappa shape index (κ1) is 17.4. The molecule has 0 aliphatic carbocycles. The Morgan fingerprint density at radius 1 is 1.14 bits per heavy atom. The van der Waals surface area contributed by atoms with E-state index < -0.39 is 0 Å². The Bertz CT molecular complexity index is 458. The van der Waals surface area contributed by atoms with Gasteiger partial charge in [-0.3, -0.25) is 9.59 Å². The van der Waals surface area contributed by atoms with Gasteiger partial charge in [-0.25, -0.2) is 0 Å². The minimum atomic E-state index is -0.113. The zero-order valence-corrected chi connectivity index (χ0v) is 13.5. The summed E-state index contributed by atoms with van der Waals surface area (Å²) >= 11 is 1.33. The molecule has 1 aromatic rings. The van der Waals surface area contributed by atoms with Crippen LogP contribution < -0.4 is 10.1 Å². The predicted octanol–water partition coefficient (Wildman–Crippen LogP) is 2.24. The summed E-state index contributed by atoms with van der Waals surface area (Å²) in [6, 6.07) is 7.13. The van der Waals surface area contributed by atoms with Crippen molar-refractivity contribution < 1.29 is 14.3 Å². The van der Waals surface area contributed by atoms with Gasteiger partial charge in [-0.1, -0.05) is 0 Å². The second-order valence-electron chi connectivity index (χ2n) is 4.34. The molecular weight excluding hydrogens is 288 g/mol. The van der Waals surface area contributed by atoms with E-state index >= 15 is 0 Å². The van der Waals surface area contributed by atoms with Crippen molar-refractivity contribution in [2.24, 2.45) is 0 Å². The number of methoxy groups -OCH3 is 1. The molecule has 116 valence electrons. The highest BCUT2D eigenvalue weighted by Gasteiger charge is 2.10. The molecule has 0 aliphatic heterocycles. The lowest BCUT2D eigenvalue weighted by Gasteiger charge is -2.18. The Hall–Kier alpha value is -1.69. The van der Waals surface area contributed by atoms with Crippen LogP contribution in [0, 0.1) is 0 Å². The summed E-state index contributed by atoms with van der Waals surface area (Å²) in [6.45, 7) is 5.30. The molecule has 1 aromatic carbocycles. The van der Waals surface area contributed by atoms with Gasteiger partial charge in [-0.15, -0.1) is 11.8 Å². The van der Waals surface area contributed by atoms with Crippen LogP contribution >= 0.6 is 11.8 Å². The molecule has 0 bridgehead atoms. The number of carbonyl (C=O) groups excluding carboxylic acids is 2. The smallest absolute Gasteiger partial charge is 0.234 e. The van der Waals surface area contributed by atoms with Crippen LogP contribution in [-0.4, -0.2) is 48.4 Å². The number of anilines is 1. The zero-order chi connectivity index (χ0) is 15.7. The van der Waals surface area contributed by atoms with Crippen LogP contribution in [0.1, 0.15) is 13.8 Å². The van der Waals surface area contributed by atoms with Gasteiger partial charge in [0.05, 0.1) is 18.6 Å². The highest BCUT2D eigenvalue weighted by Crippen LogP contribution is 2.15. The molecule has 0 fully saturated rings. The molecule has 6 heteroatoms.